The molecule has 0 saturated heterocycles. The molecule has 0 bridgehead atoms. The average Bonchev–Trinajstić information content (AvgIpc) is 2.53. The molecule has 0 aromatic rings. The minimum Gasteiger partial charge on any atom is -0.412 e. The Labute approximate surface area is 147 Å². The van der Waals surface area contributed by atoms with Gasteiger partial charge in [0.15, 0.2) is 0 Å². The van der Waals surface area contributed by atoms with Gasteiger partial charge in [0.25, 0.3) is 0 Å². The molecule has 0 fully saturated rings. The molecule has 0 atom stereocenters. The van der Waals surface area contributed by atoms with Crippen molar-refractivity contribution in [1.82, 2.24) is 0 Å². The summed E-state index contributed by atoms with van der Waals surface area (Å²) in [5.74, 6) is 0. The van der Waals surface area contributed by atoms with E-state index in [9.17, 15) is 4.89 Å². The molecular weight excluding hydrogens is 303 g/mol. The molecule has 2 nitrogen and oxygen atoms in total. The Morgan fingerprint density at radius 1 is 0.478 bits per heavy atom. The van der Waals surface area contributed by atoms with Crippen LogP contribution in [-0.2, 0) is 0 Å². The van der Waals surface area contributed by atoms with Crippen LogP contribution >= 0.6 is 6.83 Å². The molecule has 23 heavy (non-hydrogen) atoms. The number of hydrogen-bond acceptors (Lipinski definition) is 1. The first-order valence-electron chi connectivity index (χ1n) is 10.3. The van der Waals surface area contributed by atoms with Crippen molar-refractivity contribution < 1.29 is 10.4 Å². The average molecular weight is 351 g/mol. The summed E-state index contributed by atoms with van der Waals surface area (Å²) in [5.41, 5.74) is 0. The minimum atomic E-state index is -2.41. The summed E-state index contributed by atoms with van der Waals surface area (Å²) in [6.07, 6.45) is 20.1. The summed E-state index contributed by atoms with van der Waals surface area (Å²) >= 11 is 0. The monoisotopic (exact) mass is 350 g/mol. The van der Waals surface area contributed by atoms with Gasteiger partial charge in [0.1, 0.15) is 0 Å². The van der Waals surface area contributed by atoms with Crippen molar-refractivity contribution in [2.24, 2.45) is 0 Å². The fourth-order valence-electron chi connectivity index (χ4n) is 3.66. The second-order valence-electron chi connectivity index (χ2n) is 7.63. The molecule has 144 valence electrons. The molecule has 3 N–H and O–H groups in total. The minimum absolute atomic E-state index is 0. The van der Waals surface area contributed by atoms with Crippen molar-refractivity contribution in [3.05, 3.63) is 0 Å². The summed E-state index contributed by atoms with van der Waals surface area (Å²) in [7, 11) is 0. The van der Waals surface area contributed by atoms with Gasteiger partial charge >= 0.3 is 141 Å². The van der Waals surface area contributed by atoms with Crippen LogP contribution in [0.1, 0.15) is 105 Å². The zero-order valence-electron chi connectivity index (χ0n) is 16.7. The number of unbranched alkanes of at least 4 members (excludes halogenated alkanes) is 8. The van der Waals surface area contributed by atoms with E-state index >= 15 is 0 Å². The zero-order chi connectivity index (χ0) is 16.8. The molecule has 0 amide bonds. The van der Waals surface area contributed by atoms with Gasteiger partial charge in [-0.15, -0.1) is 0 Å². The summed E-state index contributed by atoms with van der Waals surface area (Å²) in [6.45, 7) is 6.67. The van der Waals surface area contributed by atoms with E-state index in [2.05, 4.69) is 27.7 Å². The smallest absolute Gasteiger partial charge is 0.412 e. The number of rotatable bonds is 16. The first-order chi connectivity index (χ1) is 10.5. The maximum absolute atomic E-state index is 11.9. The maximum atomic E-state index is 11.9. The van der Waals surface area contributed by atoms with E-state index in [1.165, 1.54) is 77.0 Å². The van der Waals surface area contributed by atoms with Gasteiger partial charge in [-0.25, -0.2) is 0 Å². The van der Waals surface area contributed by atoms with Crippen LogP contribution in [0.5, 0.6) is 0 Å². The summed E-state index contributed by atoms with van der Waals surface area (Å²) in [5, 5.41) is 0. The fraction of sp³-hybridized carbons (Fsp3) is 1.00. The Morgan fingerprint density at radius 3 is 1.17 bits per heavy atom. The van der Waals surface area contributed by atoms with Gasteiger partial charge in [0.2, 0.25) is 0 Å². The first-order valence-corrected chi connectivity index (χ1v) is 13.2. The van der Waals surface area contributed by atoms with Crippen LogP contribution in [0.3, 0.4) is 0 Å². The van der Waals surface area contributed by atoms with E-state index < -0.39 is 6.83 Å². The Kier molecular flexibility index (Phi) is 16.3. The van der Waals surface area contributed by atoms with E-state index in [1.54, 1.807) is 0 Å². The summed E-state index contributed by atoms with van der Waals surface area (Å²) < 4.78 is 0. The van der Waals surface area contributed by atoms with E-state index in [4.69, 9.17) is 0 Å². The molecular formula is C20H47O2P. The third-order valence-electron chi connectivity index (χ3n) is 5.34. The van der Waals surface area contributed by atoms with Gasteiger partial charge in [-0.3, -0.25) is 0 Å². The van der Waals surface area contributed by atoms with Crippen molar-refractivity contribution in [1.29, 1.82) is 0 Å². The molecule has 0 heterocycles. The third-order valence-corrected chi connectivity index (χ3v) is 11.2. The van der Waals surface area contributed by atoms with Crippen LogP contribution < -0.4 is 0 Å². The summed E-state index contributed by atoms with van der Waals surface area (Å²) in [6, 6.07) is 0. The molecule has 0 aliphatic rings. The van der Waals surface area contributed by atoms with Crippen molar-refractivity contribution in [2.45, 2.75) is 105 Å². The maximum Gasteiger partial charge on any atom is -0.412 e. The van der Waals surface area contributed by atoms with E-state index in [0.29, 0.717) is 0 Å². The van der Waals surface area contributed by atoms with Crippen LogP contribution in [0.4, 0.5) is 0 Å². The fourth-order valence-corrected chi connectivity index (χ4v) is 9.42. The van der Waals surface area contributed by atoms with E-state index in [1.807, 2.05) is 0 Å². The predicted molar refractivity (Wildman–Crippen MR) is 110 cm³/mol. The van der Waals surface area contributed by atoms with Gasteiger partial charge < -0.3 is 5.48 Å². The first kappa shape index (κ1) is 25.6. The van der Waals surface area contributed by atoms with Crippen LogP contribution in [-0.4, -0.2) is 35.0 Å². The van der Waals surface area contributed by atoms with Gasteiger partial charge in [-0.05, 0) is 0 Å². The Morgan fingerprint density at radius 2 is 0.783 bits per heavy atom. The second-order valence-corrected chi connectivity index (χ2v) is 13.2. The van der Waals surface area contributed by atoms with Crippen LogP contribution in [0.15, 0.2) is 0 Å². The molecule has 0 aliphatic carbocycles. The predicted octanol–water partition coefficient (Wildman–Crippen LogP) is 6.38. The third kappa shape index (κ3) is 11.5. The van der Waals surface area contributed by atoms with Crippen LogP contribution in [0.2, 0.25) is 0 Å². The van der Waals surface area contributed by atoms with Crippen molar-refractivity contribution in [3.63, 3.8) is 0 Å². The Bertz CT molecular complexity index is 231. The van der Waals surface area contributed by atoms with Gasteiger partial charge in [-0.2, -0.15) is 0 Å². The molecule has 0 spiro atoms. The molecule has 0 radical (unpaired) electrons. The Balaban J connectivity index is 0. The topological polar surface area (TPSA) is 51.7 Å². The Hall–Kier alpha value is 0.350. The van der Waals surface area contributed by atoms with Crippen LogP contribution in [0.25, 0.3) is 0 Å². The number of hydrogen-bond donors (Lipinski definition) is 1. The zero-order valence-corrected chi connectivity index (χ0v) is 17.6. The van der Waals surface area contributed by atoms with Crippen LogP contribution in [0, 0.1) is 0 Å². The van der Waals surface area contributed by atoms with Gasteiger partial charge in [0, 0.05) is 0 Å². The molecule has 0 unspecified atom stereocenters. The molecule has 0 aliphatic heterocycles. The SMILES string of the molecule is CCCCCCCCP(O)(CCCC)(CCCC)CCCC.O. The van der Waals surface area contributed by atoms with Crippen molar-refractivity contribution in [3.8, 4) is 0 Å². The van der Waals surface area contributed by atoms with Gasteiger partial charge in [-0.1, -0.05) is 0 Å². The molecule has 0 aromatic heterocycles. The normalized spacial score (nSPS) is 13.3. The quantitative estimate of drug-likeness (QED) is 0.255. The van der Waals surface area contributed by atoms with E-state index in [-0.39, 0.29) is 5.48 Å². The second kappa shape index (κ2) is 14.7. The largest absolute Gasteiger partial charge is 0.412 e. The molecule has 0 aromatic carbocycles. The summed E-state index contributed by atoms with van der Waals surface area (Å²) in [4.78, 5) is 11.9. The molecule has 0 rings (SSSR count). The van der Waals surface area contributed by atoms with Crippen molar-refractivity contribution >= 4 is 6.83 Å². The van der Waals surface area contributed by atoms with Gasteiger partial charge in [0.05, 0.1) is 0 Å². The van der Waals surface area contributed by atoms with E-state index in [0.717, 1.165) is 24.6 Å². The molecule has 3 heteroatoms. The van der Waals surface area contributed by atoms with Crippen molar-refractivity contribution in [2.75, 3.05) is 24.6 Å². The molecule has 0 saturated carbocycles. The standard InChI is InChI=1S/C20H45OP.H2O/c1-5-9-13-14-15-16-20-22(21,17-10-6-2,18-11-7-3)19-12-8-4;/h21H,5-20H2,1-4H3;1H2.